The van der Waals surface area contributed by atoms with E-state index in [4.69, 9.17) is 30.8 Å². The van der Waals surface area contributed by atoms with Crippen LogP contribution in [-0.4, -0.2) is 39.8 Å². The second-order valence-electron chi connectivity index (χ2n) is 9.17. The molecule has 0 aliphatic rings. The summed E-state index contributed by atoms with van der Waals surface area (Å²) >= 11 is 10.4. The summed E-state index contributed by atoms with van der Waals surface area (Å²) in [5.74, 6) is 1.05. The molecule has 0 amide bonds. The van der Waals surface area contributed by atoms with Crippen LogP contribution in [0.15, 0.2) is 88.0 Å². The van der Waals surface area contributed by atoms with E-state index in [9.17, 15) is 5.11 Å². The molecule has 0 fully saturated rings. The van der Waals surface area contributed by atoms with Gasteiger partial charge in [-0.1, -0.05) is 66.2 Å². The van der Waals surface area contributed by atoms with Gasteiger partial charge in [-0.3, -0.25) is 0 Å². The largest absolute Gasteiger partial charge is 0.488 e. The zero-order chi connectivity index (χ0) is 27.9. The molecular weight excluding hydrogens is 598 g/mol. The minimum absolute atomic E-state index is 0.216. The third kappa shape index (κ3) is 6.80. The van der Waals surface area contributed by atoms with E-state index in [0.717, 1.165) is 32.3 Å². The predicted octanol–water partition coefficient (Wildman–Crippen LogP) is 5.91. The average Bonchev–Trinajstić information content (AvgIpc) is 3.45. The molecule has 8 nitrogen and oxygen atoms in total. The van der Waals surface area contributed by atoms with Gasteiger partial charge in [0, 0.05) is 34.8 Å². The molecule has 0 bridgehead atoms. The lowest BCUT2D eigenvalue weighted by atomic mass is 10.0. The average molecular weight is 625 g/mol. The summed E-state index contributed by atoms with van der Waals surface area (Å²) in [6.45, 7) is 0.804. The molecule has 0 saturated carbocycles. The van der Waals surface area contributed by atoms with Crippen LogP contribution in [0.25, 0.3) is 22.2 Å². The highest BCUT2D eigenvalue weighted by molar-refractivity contribution is 9.10. The summed E-state index contributed by atoms with van der Waals surface area (Å²) in [6, 6.07) is 25.3. The molecular formula is C30H27BrClN3O5. The van der Waals surface area contributed by atoms with Crippen LogP contribution in [0, 0.1) is 0 Å². The molecule has 3 N–H and O–H groups in total. The number of nitrogens with zero attached hydrogens (tertiary/aromatic N) is 2. The third-order valence-corrected chi connectivity index (χ3v) is 7.51. The fourth-order valence-corrected chi connectivity index (χ4v) is 5.01. The van der Waals surface area contributed by atoms with Crippen molar-refractivity contribution in [2.24, 2.45) is 0 Å². The predicted molar refractivity (Wildman–Crippen MR) is 156 cm³/mol. The van der Waals surface area contributed by atoms with Gasteiger partial charge in [0.1, 0.15) is 35.7 Å². The Bertz CT molecular complexity index is 1580. The quantitative estimate of drug-likeness (QED) is 0.157. The lowest BCUT2D eigenvalue weighted by Crippen LogP contribution is -2.29. The number of benzene rings is 4. The van der Waals surface area contributed by atoms with Gasteiger partial charge in [-0.25, -0.2) is 4.63 Å². The normalized spacial score (nSPS) is 12.0. The first-order chi connectivity index (χ1) is 19.5. The Balaban J connectivity index is 1.36. The van der Waals surface area contributed by atoms with Gasteiger partial charge in [0.25, 0.3) is 0 Å². The number of hydrogen-bond acceptors (Lipinski definition) is 8. The molecule has 5 aromatic rings. The molecule has 4 aromatic carbocycles. The van der Waals surface area contributed by atoms with Crippen molar-refractivity contribution in [3.63, 3.8) is 0 Å². The van der Waals surface area contributed by atoms with Crippen molar-refractivity contribution < 1.29 is 24.3 Å². The molecule has 5 rings (SSSR count). The van der Waals surface area contributed by atoms with Crippen molar-refractivity contribution in [2.45, 2.75) is 25.9 Å². The van der Waals surface area contributed by atoms with E-state index in [2.05, 4.69) is 49.8 Å². The van der Waals surface area contributed by atoms with Gasteiger partial charge in [0.15, 0.2) is 0 Å². The maximum Gasteiger partial charge on any atom is 0.142 e. The molecule has 1 atom stereocenters. The summed E-state index contributed by atoms with van der Waals surface area (Å²) in [7, 11) is 0. The number of nitrogens with one attached hydrogen (secondary N) is 1. The van der Waals surface area contributed by atoms with Crippen LogP contribution in [-0.2, 0) is 19.8 Å². The smallest absolute Gasteiger partial charge is 0.142 e. The number of aliphatic hydroxyl groups excluding tert-OH is 2. The SMILES string of the molecule is OCC(O)CNCc1cc(Cl)c(OCc2cccc(-c3ccccc3)c2Br)cc1OCc1ccc2nonc2c1. The zero-order valence-electron chi connectivity index (χ0n) is 21.4. The van der Waals surface area contributed by atoms with Crippen molar-refractivity contribution in [1.29, 1.82) is 0 Å². The Labute approximate surface area is 244 Å². The summed E-state index contributed by atoms with van der Waals surface area (Å²) in [6.07, 6.45) is -0.865. The van der Waals surface area contributed by atoms with E-state index in [0.29, 0.717) is 34.1 Å². The van der Waals surface area contributed by atoms with Crippen LogP contribution in [0.5, 0.6) is 11.5 Å². The Morgan fingerprint density at radius 2 is 1.68 bits per heavy atom. The van der Waals surface area contributed by atoms with Gasteiger partial charge in [0.05, 0.1) is 17.7 Å². The molecule has 206 valence electrons. The molecule has 1 unspecified atom stereocenters. The maximum atomic E-state index is 9.71. The number of halogens is 2. The number of aromatic nitrogens is 2. The van der Waals surface area contributed by atoms with Crippen LogP contribution in [0.4, 0.5) is 0 Å². The molecule has 1 aromatic heterocycles. The molecule has 40 heavy (non-hydrogen) atoms. The summed E-state index contributed by atoms with van der Waals surface area (Å²) in [5, 5.41) is 30.1. The maximum absolute atomic E-state index is 9.71. The van der Waals surface area contributed by atoms with E-state index >= 15 is 0 Å². The van der Waals surface area contributed by atoms with Crippen molar-refractivity contribution in [2.75, 3.05) is 13.2 Å². The fraction of sp³-hybridized carbons (Fsp3) is 0.200. The number of hydrogen-bond donors (Lipinski definition) is 3. The first-order valence-electron chi connectivity index (χ1n) is 12.6. The molecule has 0 aliphatic heterocycles. The van der Waals surface area contributed by atoms with Crippen LogP contribution >= 0.6 is 27.5 Å². The molecule has 0 radical (unpaired) electrons. The minimum atomic E-state index is -0.865. The highest BCUT2D eigenvalue weighted by atomic mass is 79.9. The van der Waals surface area contributed by atoms with Crippen molar-refractivity contribution >= 4 is 38.6 Å². The standard InChI is InChI=1S/C30H27BrClN3O5/c31-30-21(7-4-8-24(30)20-5-2-1-3-6-20)18-39-29-13-28(22(12-25(29)32)14-33-15-23(37)16-36)38-17-19-9-10-26-27(11-19)35-40-34-26/h1-13,23,33,36-37H,14-18H2. The minimum Gasteiger partial charge on any atom is -0.488 e. The van der Waals surface area contributed by atoms with Crippen molar-refractivity contribution in [3.8, 4) is 22.6 Å². The number of fused-ring (bicyclic) bond motifs is 1. The van der Waals surface area contributed by atoms with Crippen molar-refractivity contribution in [3.05, 3.63) is 105 Å². The summed E-state index contributed by atoms with van der Waals surface area (Å²) in [5.41, 5.74) is 6.12. The summed E-state index contributed by atoms with van der Waals surface area (Å²) < 4.78 is 18.1. The van der Waals surface area contributed by atoms with Crippen LogP contribution in [0.3, 0.4) is 0 Å². The summed E-state index contributed by atoms with van der Waals surface area (Å²) in [4.78, 5) is 0. The van der Waals surface area contributed by atoms with Gasteiger partial charge in [-0.15, -0.1) is 0 Å². The van der Waals surface area contributed by atoms with Gasteiger partial charge in [0.2, 0.25) is 0 Å². The van der Waals surface area contributed by atoms with E-state index in [1.165, 1.54) is 0 Å². The monoisotopic (exact) mass is 623 g/mol. The fourth-order valence-electron chi connectivity index (χ4n) is 4.16. The van der Waals surface area contributed by atoms with E-state index in [1.54, 1.807) is 12.1 Å². The molecule has 0 saturated heterocycles. The Hall–Kier alpha value is -3.47. The topological polar surface area (TPSA) is 110 Å². The Kier molecular flexibility index (Phi) is 9.30. The van der Waals surface area contributed by atoms with Gasteiger partial charge in [-0.05, 0) is 61.1 Å². The molecule has 10 heteroatoms. The van der Waals surface area contributed by atoms with Gasteiger partial charge < -0.3 is 25.0 Å². The molecule has 0 aliphatic carbocycles. The van der Waals surface area contributed by atoms with Crippen LogP contribution < -0.4 is 14.8 Å². The third-order valence-electron chi connectivity index (χ3n) is 6.28. The van der Waals surface area contributed by atoms with Crippen molar-refractivity contribution in [1.82, 2.24) is 15.6 Å². The van der Waals surface area contributed by atoms with Crippen LogP contribution in [0.2, 0.25) is 5.02 Å². The zero-order valence-corrected chi connectivity index (χ0v) is 23.7. The second kappa shape index (κ2) is 13.3. The van der Waals surface area contributed by atoms with Crippen LogP contribution in [0.1, 0.15) is 16.7 Å². The second-order valence-corrected chi connectivity index (χ2v) is 10.4. The Morgan fingerprint density at radius 1 is 0.875 bits per heavy atom. The number of aliphatic hydroxyl groups is 2. The van der Waals surface area contributed by atoms with Gasteiger partial charge in [-0.2, -0.15) is 0 Å². The molecule has 0 spiro atoms. The highest BCUT2D eigenvalue weighted by Gasteiger charge is 2.15. The number of rotatable bonds is 12. The lowest BCUT2D eigenvalue weighted by molar-refractivity contribution is 0.0941. The number of ether oxygens (including phenoxy) is 2. The van der Waals surface area contributed by atoms with E-state index in [1.807, 2.05) is 48.5 Å². The molecule has 1 heterocycles. The highest BCUT2D eigenvalue weighted by Crippen LogP contribution is 2.36. The first-order valence-corrected chi connectivity index (χ1v) is 13.8. The van der Waals surface area contributed by atoms with E-state index in [-0.39, 0.29) is 26.4 Å². The lowest BCUT2D eigenvalue weighted by Gasteiger charge is -2.17. The Morgan fingerprint density at radius 3 is 2.50 bits per heavy atom. The van der Waals surface area contributed by atoms with Gasteiger partial charge >= 0.3 is 0 Å². The van der Waals surface area contributed by atoms with E-state index < -0.39 is 6.10 Å². The first kappa shape index (κ1) is 28.1.